The molecular formula is C20H14N4O3. The van der Waals surface area contributed by atoms with E-state index in [4.69, 9.17) is 5.73 Å². The van der Waals surface area contributed by atoms with Crippen LogP contribution in [0.4, 0.5) is 22.7 Å². The van der Waals surface area contributed by atoms with Crippen molar-refractivity contribution in [1.29, 1.82) is 0 Å². The second-order valence-corrected chi connectivity index (χ2v) is 6.29. The molecule has 0 amide bonds. The van der Waals surface area contributed by atoms with Crippen molar-refractivity contribution in [3.05, 3.63) is 81.4 Å². The molecule has 0 radical (unpaired) electrons. The van der Waals surface area contributed by atoms with Crippen molar-refractivity contribution in [3.8, 4) is 11.1 Å². The van der Waals surface area contributed by atoms with Crippen molar-refractivity contribution in [1.82, 2.24) is 0 Å². The fraction of sp³-hybridized carbons (Fsp3) is 0.0500. The first-order valence-electron chi connectivity index (χ1n) is 8.19. The largest absolute Gasteiger partial charge is 0.399 e. The van der Waals surface area contributed by atoms with Crippen LogP contribution in [0.3, 0.4) is 0 Å². The number of non-ortho nitro benzene ring substituents is 1. The van der Waals surface area contributed by atoms with Gasteiger partial charge in [0, 0.05) is 28.9 Å². The van der Waals surface area contributed by atoms with Crippen LogP contribution in [0.25, 0.3) is 11.1 Å². The molecule has 4 rings (SSSR count). The van der Waals surface area contributed by atoms with E-state index >= 15 is 0 Å². The topological polar surface area (TPSA) is 111 Å². The smallest absolute Gasteiger partial charge is 0.270 e. The number of nitrogen functional groups attached to an aromatic ring is 1. The van der Waals surface area contributed by atoms with E-state index in [0.29, 0.717) is 33.8 Å². The molecular weight excluding hydrogens is 344 g/mol. The number of aryl methyl sites for hydroxylation is 1. The number of carbonyl (C=O) groups is 1. The quantitative estimate of drug-likeness (QED) is 0.237. The second-order valence-electron chi connectivity index (χ2n) is 6.29. The van der Waals surface area contributed by atoms with Crippen molar-refractivity contribution < 1.29 is 9.72 Å². The molecule has 0 heterocycles. The Labute approximate surface area is 154 Å². The minimum atomic E-state index is -0.509. The van der Waals surface area contributed by atoms with Crippen molar-refractivity contribution in [2.24, 2.45) is 10.2 Å². The first-order valence-corrected chi connectivity index (χ1v) is 8.19. The Balaban J connectivity index is 1.68. The van der Waals surface area contributed by atoms with Crippen LogP contribution < -0.4 is 5.73 Å². The van der Waals surface area contributed by atoms with Gasteiger partial charge >= 0.3 is 0 Å². The number of azo groups is 1. The van der Waals surface area contributed by atoms with Crippen molar-refractivity contribution in [2.45, 2.75) is 6.92 Å². The van der Waals surface area contributed by atoms with Crippen molar-refractivity contribution in [3.63, 3.8) is 0 Å². The van der Waals surface area contributed by atoms with Crippen LogP contribution in [0.1, 0.15) is 21.5 Å². The Morgan fingerprint density at radius 2 is 1.44 bits per heavy atom. The average molecular weight is 358 g/mol. The Morgan fingerprint density at radius 1 is 0.852 bits per heavy atom. The molecule has 1 aliphatic rings. The Kier molecular flexibility index (Phi) is 3.77. The van der Waals surface area contributed by atoms with E-state index in [0.717, 1.165) is 11.1 Å². The summed E-state index contributed by atoms with van der Waals surface area (Å²) in [5, 5.41) is 19.3. The van der Waals surface area contributed by atoms with Crippen LogP contribution in [0.5, 0.6) is 0 Å². The van der Waals surface area contributed by atoms with E-state index in [1.54, 1.807) is 36.4 Å². The van der Waals surface area contributed by atoms with Crippen molar-refractivity contribution in [2.75, 3.05) is 5.73 Å². The van der Waals surface area contributed by atoms with E-state index < -0.39 is 4.92 Å². The molecule has 0 saturated heterocycles. The van der Waals surface area contributed by atoms with Crippen LogP contribution in [0, 0.1) is 17.0 Å². The molecule has 0 unspecified atom stereocenters. The van der Waals surface area contributed by atoms with Gasteiger partial charge < -0.3 is 5.73 Å². The number of nitrogens with two attached hydrogens (primary N) is 1. The molecule has 0 fully saturated rings. The molecule has 3 aromatic carbocycles. The van der Waals surface area contributed by atoms with Gasteiger partial charge in [-0.25, -0.2) is 0 Å². The zero-order valence-electron chi connectivity index (χ0n) is 14.3. The lowest BCUT2D eigenvalue weighted by molar-refractivity contribution is -0.384. The molecule has 2 N–H and O–H groups in total. The molecule has 7 heteroatoms. The van der Waals surface area contributed by atoms with Gasteiger partial charge in [-0.05, 0) is 60.0 Å². The maximum Gasteiger partial charge on any atom is 0.270 e. The predicted octanol–water partition coefficient (Wildman–Crippen LogP) is 5.11. The van der Waals surface area contributed by atoms with Gasteiger partial charge in [-0.2, -0.15) is 10.2 Å². The van der Waals surface area contributed by atoms with Gasteiger partial charge in [0.15, 0.2) is 5.78 Å². The van der Waals surface area contributed by atoms with Gasteiger partial charge in [0.25, 0.3) is 5.69 Å². The number of ketones is 1. The molecule has 0 bridgehead atoms. The second kappa shape index (κ2) is 6.14. The number of nitro benzene ring substituents is 1. The molecule has 3 aromatic rings. The van der Waals surface area contributed by atoms with Gasteiger partial charge in [0.1, 0.15) is 0 Å². The van der Waals surface area contributed by atoms with Crippen molar-refractivity contribution >= 4 is 28.5 Å². The van der Waals surface area contributed by atoms with Gasteiger partial charge in [-0.15, -0.1) is 0 Å². The highest BCUT2D eigenvalue weighted by Gasteiger charge is 2.28. The summed E-state index contributed by atoms with van der Waals surface area (Å²) in [4.78, 5) is 23.1. The fourth-order valence-electron chi connectivity index (χ4n) is 3.07. The third-order valence-corrected chi connectivity index (χ3v) is 4.53. The number of hydrogen-bond acceptors (Lipinski definition) is 6. The number of nitro groups is 1. The summed E-state index contributed by atoms with van der Waals surface area (Å²) in [5.41, 5.74) is 10.7. The Bertz CT molecular complexity index is 1150. The minimum Gasteiger partial charge on any atom is -0.399 e. The van der Waals surface area contributed by atoms with E-state index in [1.807, 2.05) is 13.0 Å². The lowest BCUT2D eigenvalue weighted by Gasteiger charge is -2.01. The average Bonchev–Trinajstić information content (AvgIpc) is 2.94. The highest BCUT2D eigenvalue weighted by Crippen LogP contribution is 2.40. The van der Waals surface area contributed by atoms with E-state index in [2.05, 4.69) is 10.2 Å². The SMILES string of the molecule is Cc1cc(N=Nc2ccc3c(c2)C(=O)c2cc([N+](=O)[O-])ccc2-3)ccc1N. The molecule has 132 valence electrons. The maximum absolute atomic E-state index is 12.7. The van der Waals surface area contributed by atoms with Crippen LogP contribution in [0.2, 0.25) is 0 Å². The summed E-state index contributed by atoms with van der Waals surface area (Å²) in [6, 6.07) is 14.9. The monoisotopic (exact) mass is 358 g/mol. The molecule has 0 saturated carbocycles. The van der Waals surface area contributed by atoms with Crippen LogP contribution >= 0.6 is 0 Å². The summed E-state index contributed by atoms with van der Waals surface area (Å²) >= 11 is 0. The minimum absolute atomic E-state index is 0.103. The molecule has 0 atom stereocenters. The Morgan fingerprint density at radius 3 is 2.11 bits per heavy atom. The van der Waals surface area contributed by atoms with Gasteiger partial charge in [-0.3, -0.25) is 14.9 Å². The molecule has 0 aliphatic heterocycles. The van der Waals surface area contributed by atoms with Crippen LogP contribution in [-0.2, 0) is 0 Å². The van der Waals surface area contributed by atoms with E-state index in [9.17, 15) is 14.9 Å². The summed E-state index contributed by atoms with van der Waals surface area (Å²) in [7, 11) is 0. The molecule has 0 aromatic heterocycles. The zero-order valence-corrected chi connectivity index (χ0v) is 14.3. The molecule has 7 nitrogen and oxygen atoms in total. The number of carbonyl (C=O) groups excluding carboxylic acids is 1. The van der Waals surface area contributed by atoms with E-state index in [-0.39, 0.29) is 11.5 Å². The molecule has 27 heavy (non-hydrogen) atoms. The molecule has 0 spiro atoms. The zero-order chi connectivity index (χ0) is 19.1. The van der Waals surface area contributed by atoms with Gasteiger partial charge in [-0.1, -0.05) is 6.07 Å². The lowest BCUT2D eigenvalue weighted by atomic mass is 10.1. The highest BCUT2D eigenvalue weighted by atomic mass is 16.6. The first-order chi connectivity index (χ1) is 12.9. The fourth-order valence-corrected chi connectivity index (χ4v) is 3.07. The van der Waals surface area contributed by atoms with Crippen LogP contribution in [0.15, 0.2) is 64.8 Å². The number of nitrogens with zero attached hydrogens (tertiary/aromatic N) is 3. The van der Waals surface area contributed by atoms with Crippen LogP contribution in [-0.4, -0.2) is 10.7 Å². The van der Waals surface area contributed by atoms with Gasteiger partial charge in [0.05, 0.1) is 16.3 Å². The Hall–Kier alpha value is -3.87. The predicted molar refractivity (Wildman–Crippen MR) is 102 cm³/mol. The summed E-state index contributed by atoms with van der Waals surface area (Å²) in [5.74, 6) is -0.246. The lowest BCUT2D eigenvalue weighted by Crippen LogP contribution is -1.96. The maximum atomic E-state index is 12.7. The summed E-state index contributed by atoms with van der Waals surface area (Å²) in [6.45, 7) is 1.89. The number of hydrogen-bond donors (Lipinski definition) is 1. The first kappa shape index (κ1) is 16.6. The number of benzene rings is 3. The molecule has 1 aliphatic carbocycles. The highest BCUT2D eigenvalue weighted by molar-refractivity contribution is 6.22. The number of rotatable bonds is 3. The third-order valence-electron chi connectivity index (χ3n) is 4.53. The van der Waals surface area contributed by atoms with E-state index in [1.165, 1.54) is 12.1 Å². The number of anilines is 1. The number of fused-ring (bicyclic) bond motifs is 3. The standard InChI is InChI=1S/C20H14N4O3/c1-11-8-12(3-7-19(11)21)22-23-13-2-5-15-16-6-4-14(24(26)27)10-18(16)20(25)17(15)9-13/h2-10H,21H2,1H3. The summed E-state index contributed by atoms with van der Waals surface area (Å²) in [6.07, 6.45) is 0. The summed E-state index contributed by atoms with van der Waals surface area (Å²) < 4.78 is 0. The third kappa shape index (κ3) is 2.85. The van der Waals surface area contributed by atoms with Gasteiger partial charge in [0.2, 0.25) is 0 Å². The normalized spacial score (nSPS) is 12.3.